The van der Waals surface area contributed by atoms with Gasteiger partial charge in [-0.15, -0.1) is 10.2 Å². The second-order valence-electron chi connectivity index (χ2n) is 8.32. The standard InChI is InChI=1S/C28H27N5O4S/c1-19-7-11-22(12-8-19)27(35)30-28-33-32-26(38-28)17-25(34)31-29-18-21-9-13-23(14-10-21)36-15-16-37-24-6-4-3-5-20(24)2/h3-14,18H,15-17H2,1-2H3,(H,31,34)(H,30,33,35)/b29-18-. The number of hydrogen-bond donors (Lipinski definition) is 2. The van der Waals surface area contributed by atoms with Gasteiger partial charge in [-0.3, -0.25) is 14.9 Å². The molecule has 38 heavy (non-hydrogen) atoms. The summed E-state index contributed by atoms with van der Waals surface area (Å²) in [4.78, 5) is 24.5. The number of hydrogen-bond acceptors (Lipinski definition) is 8. The van der Waals surface area contributed by atoms with E-state index in [9.17, 15) is 9.59 Å². The van der Waals surface area contributed by atoms with Crippen molar-refractivity contribution in [3.8, 4) is 11.5 Å². The third-order valence-electron chi connectivity index (χ3n) is 5.30. The summed E-state index contributed by atoms with van der Waals surface area (Å²) >= 11 is 1.14. The summed E-state index contributed by atoms with van der Waals surface area (Å²) in [6.07, 6.45) is 1.53. The number of ether oxygens (including phenoxy) is 2. The molecule has 0 saturated carbocycles. The molecule has 194 valence electrons. The van der Waals surface area contributed by atoms with Crippen LogP contribution in [0.4, 0.5) is 5.13 Å². The average molecular weight is 530 g/mol. The van der Waals surface area contributed by atoms with Crippen molar-refractivity contribution in [1.82, 2.24) is 15.6 Å². The number of nitrogens with one attached hydrogen (secondary N) is 2. The molecule has 4 aromatic rings. The fourth-order valence-electron chi connectivity index (χ4n) is 3.29. The maximum absolute atomic E-state index is 12.3. The molecule has 0 aliphatic rings. The smallest absolute Gasteiger partial charge is 0.257 e. The number of carbonyl (C=O) groups is 2. The molecule has 0 spiro atoms. The summed E-state index contributed by atoms with van der Waals surface area (Å²) in [6, 6.07) is 22.4. The molecule has 9 nitrogen and oxygen atoms in total. The molecule has 2 amide bonds. The molecule has 1 heterocycles. The predicted octanol–water partition coefficient (Wildman–Crippen LogP) is 4.56. The summed E-state index contributed by atoms with van der Waals surface area (Å²) in [5, 5.41) is 15.4. The van der Waals surface area contributed by atoms with Crippen LogP contribution in [0.5, 0.6) is 11.5 Å². The Morgan fingerprint density at radius 3 is 2.42 bits per heavy atom. The van der Waals surface area contributed by atoms with E-state index >= 15 is 0 Å². The minimum absolute atomic E-state index is 0.00718. The lowest BCUT2D eigenvalue weighted by molar-refractivity contribution is -0.120. The molecule has 0 unspecified atom stereocenters. The highest BCUT2D eigenvalue weighted by molar-refractivity contribution is 7.15. The average Bonchev–Trinajstić information content (AvgIpc) is 3.35. The van der Waals surface area contributed by atoms with Crippen LogP contribution in [0.1, 0.15) is 32.1 Å². The van der Waals surface area contributed by atoms with Gasteiger partial charge in [-0.2, -0.15) is 5.10 Å². The molecule has 0 aliphatic heterocycles. The van der Waals surface area contributed by atoms with Gasteiger partial charge in [0, 0.05) is 5.56 Å². The SMILES string of the molecule is Cc1ccc(C(=O)Nc2nnc(CC(=O)N/N=C\c3ccc(OCCOc4ccccc4C)cc3)s2)cc1. The zero-order valence-electron chi connectivity index (χ0n) is 21.0. The van der Waals surface area contributed by atoms with Gasteiger partial charge in [0.25, 0.3) is 5.91 Å². The van der Waals surface area contributed by atoms with Gasteiger partial charge in [0.1, 0.15) is 29.7 Å². The van der Waals surface area contributed by atoms with Crippen molar-refractivity contribution in [3.05, 3.63) is 100 Å². The molecular weight excluding hydrogens is 502 g/mol. The van der Waals surface area contributed by atoms with E-state index in [1.54, 1.807) is 12.1 Å². The van der Waals surface area contributed by atoms with Gasteiger partial charge in [0.2, 0.25) is 11.0 Å². The van der Waals surface area contributed by atoms with Crippen LogP contribution >= 0.6 is 11.3 Å². The van der Waals surface area contributed by atoms with E-state index in [1.165, 1.54) is 6.21 Å². The Kier molecular flexibility index (Phi) is 9.14. The van der Waals surface area contributed by atoms with Gasteiger partial charge < -0.3 is 9.47 Å². The Morgan fingerprint density at radius 2 is 1.66 bits per heavy atom. The quantitative estimate of drug-likeness (QED) is 0.167. The summed E-state index contributed by atoms with van der Waals surface area (Å²) in [6.45, 7) is 4.81. The zero-order chi connectivity index (χ0) is 26.7. The Labute approximate surface area is 224 Å². The van der Waals surface area contributed by atoms with Crippen molar-refractivity contribution in [2.45, 2.75) is 20.3 Å². The Hall–Kier alpha value is -4.57. The van der Waals surface area contributed by atoms with E-state index in [1.807, 2.05) is 74.5 Å². The molecule has 0 fully saturated rings. The fourth-order valence-corrected chi connectivity index (χ4v) is 4.02. The van der Waals surface area contributed by atoms with Crippen LogP contribution in [0.3, 0.4) is 0 Å². The molecule has 0 radical (unpaired) electrons. The summed E-state index contributed by atoms with van der Waals surface area (Å²) in [7, 11) is 0. The number of anilines is 1. The number of benzene rings is 3. The van der Waals surface area contributed by atoms with E-state index < -0.39 is 0 Å². The molecule has 0 saturated heterocycles. The maximum Gasteiger partial charge on any atom is 0.257 e. The number of hydrazone groups is 1. The topological polar surface area (TPSA) is 115 Å². The van der Waals surface area contributed by atoms with Crippen LogP contribution < -0.4 is 20.2 Å². The maximum atomic E-state index is 12.3. The predicted molar refractivity (Wildman–Crippen MR) is 147 cm³/mol. The number of aromatic nitrogens is 2. The van der Waals surface area contributed by atoms with E-state index in [2.05, 4.69) is 26.0 Å². The Morgan fingerprint density at radius 1 is 0.921 bits per heavy atom. The number of para-hydroxylation sites is 1. The van der Waals surface area contributed by atoms with E-state index in [0.29, 0.717) is 34.7 Å². The summed E-state index contributed by atoms with van der Waals surface area (Å²) in [5.74, 6) is 0.929. The van der Waals surface area contributed by atoms with Crippen molar-refractivity contribution in [2.24, 2.45) is 5.10 Å². The highest BCUT2D eigenvalue weighted by Gasteiger charge is 2.12. The first kappa shape index (κ1) is 26.5. The van der Waals surface area contributed by atoms with Crippen LogP contribution in [0, 0.1) is 13.8 Å². The molecule has 10 heteroatoms. The van der Waals surface area contributed by atoms with Crippen LogP contribution in [-0.2, 0) is 11.2 Å². The highest BCUT2D eigenvalue weighted by Crippen LogP contribution is 2.18. The molecular formula is C28H27N5O4S. The minimum atomic E-state index is -0.345. The van der Waals surface area contributed by atoms with Crippen LogP contribution in [0.15, 0.2) is 77.9 Å². The lowest BCUT2D eigenvalue weighted by atomic mass is 10.1. The lowest BCUT2D eigenvalue weighted by Gasteiger charge is -2.10. The van der Waals surface area contributed by atoms with Crippen molar-refractivity contribution >= 4 is 34.5 Å². The summed E-state index contributed by atoms with van der Waals surface area (Å²) < 4.78 is 11.4. The van der Waals surface area contributed by atoms with Crippen molar-refractivity contribution in [2.75, 3.05) is 18.5 Å². The van der Waals surface area contributed by atoms with Crippen LogP contribution in [0.2, 0.25) is 0 Å². The van der Waals surface area contributed by atoms with Crippen LogP contribution in [-0.4, -0.2) is 41.4 Å². The third kappa shape index (κ3) is 7.97. The van der Waals surface area contributed by atoms with E-state index in [-0.39, 0.29) is 18.2 Å². The van der Waals surface area contributed by atoms with E-state index in [0.717, 1.165) is 33.8 Å². The van der Waals surface area contributed by atoms with Gasteiger partial charge in [0.05, 0.1) is 12.6 Å². The van der Waals surface area contributed by atoms with Crippen molar-refractivity contribution in [3.63, 3.8) is 0 Å². The van der Waals surface area contributed by atoms with Crippen molar-refractivity contribution in [1.29, 1.82) is 0 Å². The second kappa shape index (κ2) is 13.1. The Balaban J connectivity index is 1.17. The number of nitrogens with zero attached hydrogens (tertiary/aromatic N) is 3. The van der Waals surface area contributed by atoms with Gasteiger partial charge in [-0.05, 0) is 67.4 Å². The lowest BCUT2D eigenvalue weighted by Crippen LogP contribution is -2.19. The molecule has 0 bridgehead atoms. The number of amides is 2. The first-order chi connectivity index (χ1) is 18.5. The van der Waals surface area contributed by atoms with Gasteiger partial charge in [0.15, 0.2) is 0 Å². The molecule has 4 rings (SSSR count). The number of carbonyl (C=O) groups excluding carboxylic acids is 2. The van der Waals surface area contributed by atoms with E-state index in [4.69, 9.17) is 9.47 Å². The van der Waals surface area contributed by atoms with Crippen molar-refractivity contribution < 1.29 is 19.1 Å². The number of aryl methyl sites for hydroxylation is 2. The largest absolute Gasteiger partial charge is 0.490 e. The fraction of sp³-hybridized carbons (Fsp3) is 0.179. The normalized spacial score (nSPS) is 10.8. The number of rotatable bonds is 11. The first-order valence-electron chi connectivity index (χ1n) is 11.9. The van der Waals surface area contributed by atoms with Gasteiger partial charge >= 0.3 is 0 Å². The van der Waals surface area contributed by atoms with Gasteiger partial charge in [-0.1, -0.05) is 47.2 Å². The van der Waals surface area contributed by atoms with Crippen LogP contribution in [0.25, 0.3) is 0 Å². The first-order valence-corrected chi connectivity index (χ1v) is 12.7. The molecule has 0 aliphatic carbocycles. The zero-order valence-corrected chi connectivity index (χ0v) is 21.8. The molecule has 2 N–H and O–H groups in total. The molecule has 3 aromatic carbocycles. The minimum Gasteiger partial charge on any atom is -0.490 e. The Bertz CT molecular complexity index is 1400. The second-order valence-corrected chi connectivity index (χ2v) is 9.38. The van der Waals surface area contributed by atoms with Gasteiger partial charge in [-0.25, -0.2) is 5.43 Å². The monoisotopic (exact) mass is 529 g/mol. The third-order valence-corrected chi connectivity index (χ3v) is 6.14. The summed E-state index contributed by atoms with van der Waals surface area (Å²) in [5.41, 5.74) is 5.94. The highest BCUT2D eigenvalue weighted by atomic mass is 32.1. The molecule has 1 aromatic heterocycles. The molecule has 0 atom stereocenters.